The minimum absolute atomic E-state index is 0. The van der Waals surface area contributed by atoms with E-state index in [-0.39, 0.29) is 35.2 Å². The van der Waals surface area contributed by atoms with Crippen molar-refractivity contribution in [3.8, 4) is 0 Å². The van der Waals surface area contributed by atoms with Crippen molar-refractivity contribution in [3.63, 3.8) is 0 Å². The van der Waals surface area contributed by atoms with Crippen LogP contribution in [0.25, 0.3) is 0 Å². The summed E-state index contributed by atoms with van der Waals surface area (Å²) in [6, 6.07) is 0. The largest absolute Gasteiger partial charge is 0 e. The standard InChI is InChI=1S/CF3Se.2Ge/c2-1(3,4)5;;. The zero-order chi connectivity index (χ0) is 4.50. The van der Waals surface area contributed by atoms with Gasteiger partial charge in [0.15, 0.2) is 0 Å². The fraction of sp³-hybridized carbons (Fsp3) is 1.00. The van der Waals surface area contributed by atoms with E-state index in [1.165, 1.54) is 0 Å². The molecule has 0 aliphatic heterocycles. The van der Waals surface area contributed by atoms with E-state index >= 15 is 0 Å². The van der Waals surface area contributed by atoms with E-state index in [0.717, 1.165) is 16.0 Å². The van der Waals surface area contributed by atoms with Gasteiger partial charge in [0, 0.05) is 35.2 Å². The van der Waals surface area contributed by atoms with Crippen LogP contribution >= 0.6 is 0 Å². The Morgan fingerprint density at radius 1 is 1.00 bits per heavy atom. The van der Waals surface area contributed by atoms with Crippen LogP contribution in [0.3, 0.4) is 0 Å². The fourth-order valence-corrected chi connectivity index (χ4v) is 0. The minimum Gasteiger partial charge on any atom is 0 e. The summed E-state index contributed by atoms with van der Waals surface area (Å²) in [7, 11) is 0. The fourth-order valence-electron chi connectivity index (χ4n) is 0. The van der Waals surface area contributed by atoms with Gasteiger partial charge in [-0.15, -0.1) is 0 Å². The van der Waals surface area contributed by atoms with Gasteiger partial charge in [-0.3, -0.25) is 0 Å². The normalized spacial score (nSPS) is 8.57. The van der Waals surface area contributed by atoms with Crippen LogP contribution < -0.4 is 0 Å². The average molecular weight is 293 g/mol. The van der Waals surface area contributed by atoms with Gasteiger partial charge in [0.25, 0.3) is 0 Å². The molecule has 0 aromatic carbocycles. The molecule has 0 atom stereocenters. The van der Waals surface area contributed by atoms with Gasteiger partial charge in [-0.1, -0.05) is 0 Å². The summed E-state index contributed by atoms with van der Waals surface area (Å²) in [5.41, 5.74) is 0. The van der Waals surface area contributed by atoms with Crippen molar-refractivity contribution in [2.75, 3.05) is 0 Å². The summed E-state index contributed by atoms with van der Waals surface area (Å²) in [6.45, 7) is 0. The molecule has 0 saturated heterocycles. The van der Waals surface area contributed by atoms with Crippen LogP contribution in [0, 0.1) is 0 Å². The van der Waals surface area contributed by atoms with E-state index in [4.69, 9.17) is 0 Å². The molecule has 0 spiro atoms. The molecule has 0 heterocycles. The summed E-state index contributed by atoms with van der Waals surface area (Å²) in [4.78, 5) is 0. The monoisotopic (exact) mass is 297 g/mol. The predicted octanol–water partition coefficient (Wildman–Crippen LogP) is -0.0869. The van der Waals surface area contributed by atoms with Crippen LogP contribution in [-0.2, 0) is 0 Å². The second-order valence-corrected chi connectivity index (χ2v) is 1.42. The topological polar surface area (TPSA) is 0 Å². The van der Waals surface area contributed by atoms with E-state index in [2.05, 4.69) is 0 Å². The SMILES string of the molecule is FC(F)(F)[Se].[Ge].[Ge]. The average Bonchev–Trinajstić information content (AvgIpc) is 0.722. The summed E-state index contributed by atoms with van der Waals surface area (Å²) >= 11 is 0.979. The van der Waals surface area contributed by atoms with E-state index < -0.39 is 5.07 Å². The Balaban J connectivity index is -0.0000000800. The Hall–Kier alpha value is 1.40. The van der Waals surface area contributed by atoms with Gasteiger partial charge in [-0.2, -0.15) is 0 Å². The zero-order valence-electron chi connectivity index (χ0n) is 3.04. The third-order valence-corrected chi connectivity index (χ3v) is 0. The van der Waals surface area contributed by atoms with Crippen molar-refractivity contribution >= 4 is 51.2 Å². The van der Waals surface area contributed by atoms with Crippen molar-refractivity contribution in [3.05, 3.63) is 0 Å². The molecule has 0 aromatic rings. The molecule has 0 aliphatic carbocycles. The first-order valence-electron chi connectivity index (χ1n) is 0.771. The Kier molecular flexibility index (Phi) is 12.5. The summed E-state index contributed by atoms with van der Waals surface area (Å²) in [6.07, 6.45) is 0. The molecule has 0 unspecified atom stereocenters. The molecular formula is CF3Ge2Se. The van der Waals surface area contributed by atoms with Crippen molar-refractivity contribution in [2.24, 2.45) is 0 Å². The van der Waals surface area contributed by atoms with Crippen molar-refractivity contribution in [1.29, 1.82) is 0 Å². The molecule has 0 aromatic heterocycles. The molecule has 0 aliphatic rings. The van der Waals surface area contributed by atoms with Crippen LogP contribution in [0.4, 0.5) is 13.2 Å². The number of rotatable bonds is 0. The van der Waals surface area contributed by atoms with Crippen LogP contribution in [0.1, 0.15) is 0 Å². The molecule has 0 saturated carbocycles. The van der Waals surface area contributed by atoms with Gasteiger partial charge in [0.05, 0.1) is 0 Å². The molecule has 39 valence electrons. The second-order valence-electron chi connectivity index (χ2n) is 0.446. The smallest absolute Gasteiger partial charge is 0 e. The van der Waals surface area contributed by atoms with Gasteiger partial charge in [0.2, 0.25) is 0 Å². The molecular weight excluding hydrogens is 293 g/mol. The number of halogens is 3. The Morgan fingerprint density at radius 2 is 1.00 bits per heavy atom. The number of alkyl halides is 3. The number of hydrogen-bond acceptors (Lipinski definition) is 0. The summed E-state index contributed by atoms with van der Waals surface area (Å²) in [5.74, 6) is 0. The first kappa shape index (κ1) is 15.8. The molecule has 0 fully saturated rings. The van der Waals surface area contributed by atoms with Crippen molar-refractivity contribution in [2.45, 2.75) is 5.07 Å². The molecule has 0 rings (SSSR count). The molecule has 0 N–H and O–H groups in total. The van der Waals surface area contributed by atoms with E-state index in [9.17, 15) is 13.2 Å². The van der Waals surface area contributed by atoms with Crippen molar-refractivity contribution < 1.29 is 13.2 Å². The molecule has 9 radical (unpaired) electrons. The third kappa shape index (κ3) is 111. The van der Waals surface area contributed by atoms with E-state index in [0.29, 0.717) is 0 Å². The first-order valence-corrected chi connectivity index (χ1v) is 1.63. The van der Waals surface area contributed by atoms with E-state index in [1.807, 2.05) is 0 Å². The van der Waals surface area contributed by atoms with Crippen LogP contribution in [0.5, 0.6) is 0 Å². The Labute approximate surface area is 69.4 Å². The van der Waals surface area contributed by atoms with Gasteiger partial charge in [-0.05, 0) is 0 Å². The van der Waals surface area contributed by atoms with Crippen LogP contribution in [-0.4, -0.2) is 56.3 Å². The molecule has 0 amide bonds. The maximum atomic E-state index is 10.3. The van der Waals surface area contributed by atoms with Crippen molar-refractivity contribution in [1.82, 2.24) is 0 Å². The van der Waals surface area contributed by atoms with Gasteiger partial charge in [-0.25, -0.2) is 0 Å². The quantitative estimate of drug-likeness (QED) is 0.548. The second kappa shape index (κ2) is 5.53. The summed E-state index contributed by atoms with van der Waals surface area (Å²) in [5, 5.41) is -4.12. The summed E-state index contributed by atoms with van der Waals surface area (Å²) < 4.78 is 30.9. The van der Waals surface area contributed by atoms with Gasteiger partial charge in [0.1, 0.15) is 0 Å². The Bertz CT molecular complexity index is 28.4. The third-order valence-electron chi connectivity index (χ3n) is 0. The van der Waals surface area contributed by atoms with Gasteiger partial charge >= 0.3 is 34.3 Å². The molecule has 6 heteroatoms. The minimum atomic E-state index is -4.12. The molecule has 7 heavy (non-hydrogen) atoms. The van der Waals surface area contributed by atoms with Crippen LogP contribution in [0.15, 0.2) is 0 Å². The molecule has 0 bridgehead atoms. The van der Waals surface area contributed by atoms with Gasteiger partial charge < -0.3 is 0 Å². The number of hydrogen-bond donors (Lipinski definition) is 0. The van der Waals surface area contributed by atoms with Crippen LogP contribution in [0.2, 0.25) is 0 Å². The first-order chi connectivity index (χ1) is 2.00. The zero-order valence-corrected chi connectivity index (χ0v) is 8.95. The predicted molar refractivity (Wildman–Crippen MR) is 23.3 cm³/mol. The maximum Gasteiger partial charge on any atom is 0 e. The van der Waals surface area contributed by atoms with E-state index in [1.54, 1.807) is 0 Å². The Morgan fingerprint density at radius 3 is 1.00 bits per heavy atom. The maximum absolute atomic E-state index is 10.3. The molecule has 0 nitrogen and oxygen atoms in total.